The standard InChI is InChI=1S/C25H27NO5/c1-28-15-6-7-16-18(12-15)22-17(8-9-21(29-2)23(22)30-3)20-14-26-11-5-10-25(26,13-19(16)20)24(27)31-4/h6-9,12H,5,10-11,13-14H2,1-4H3/t25-/m0/s1. The quantitative estimate of drug-likeness (QED) is 0.467. The number of fused-ring (bicyclic) bond motifs is 7. The summed E-state index contributed by atoms with van der Waals surface area (Å²) >= 11 is 0. The zero-order valence-electron chi connectivity index (χ0n) is 18.4. The summed E-state index contributed by atoms with van der Waals surface area (Å²) in [6.45, 7) is 1.60. The fourth-order valence-electron chi connectivity index (χ4n) is 5.62. The van der Waals surface area contributed by atoms with Crippen molar-refractivity contribution in [2.75, 3.05) is 35.0 Å². The van der Waals surface area contributed by atoms with Crippen LogP contribution in [-0.2, 0) is 22.5 Å². The minimum absolute atomic E-state index is 0.135. The lowest BCUT2D eigenvalue weighted by Crippen LogP contribution is -2.54. The van der Waals surface area contributed by atoms with Gasteiger partial charge in [-0.1, -0.05) is 12.1 Å². The van der Waals surface area contributed by atoms with Crippen LogP contribution in [0, 0.1) is 0 Å². The lowest BCUT2D eigenvalue weighted by molar-refractivity contribution is -0.154. The van der Waals surface area contributed by atoms with E-state index in [0.29, 0.717) is 24.5 Å². The van der Waals surface area contributed by atoms with Crippen molar-refractivity contribution in [1.29, 1.82) is 0 Å². The van der Waals surface area contributed by atoms with Gasteiger partial charge in [-0.25, -0.2) is 0 Å². The van der Waals surface area contributed by atoms with E-state index in [-0.39, 0.29) is 5.97 Å². The molecule has 0 saturated carbocycles. The molecule has 162 valence electrons. The van der Waals surface area contributed by atoms with Crippen LogP contribution in [-0.4, -0.2) is 51.4 Å². The molecule has 0 radical (unpaired) electrons. The van der Waals surface area contributed by atoms with Crippen LogP contribution in [0.2, 0.25) is 0 Å². The van der Waals surface area contributed by atoms with Crippen LogP contribution < -0.4 is 14.2 Å². The molecule has 2 aliphatic heterocycles. The zero-order valence-corrected chi connectivity index (χ0v) is 18.4. The molecule has 0 N–H and O–H groups in total. The van der Waals surface area contributed by atoms with E-state index in [9.17, 15) is 4.79 Å². The van der Waals surface area contributed by atoms with Gasteiger partial charge in [0, 0.05) is 18.4 Å². The number of carbonyl (C=O) groups excluding carboxylic acids is 1. The summed E-state index contributed by atoms with van der Waals surface area (Å²) in [5.74, 6) is 2.05. The third kappa shape index (κ3) is 2.71. The molecule has 5 rings (SSSR count). The van der Waals surface area contributed by atoms with Crippen LogP contribution in [0.3, 0.4) is 0 Å². The van der Waals surface area contributed by atoms with Gasteiger partial charge in [-0.05, 0) is 64.9 Å². The van der Waals surface area contributed by atoms with E-state index in [4.69, 9.17) is 18.9 Å². The van der Waals surface area contributed by atoms with Gasteiger partial charge in [0.25, 0.3) is 0 Å². The lowest BCUT2D eigenvalue weighted by Gasteiger charge is -2.41. The molecular weight excluding hydrogens is 394 g/mol. The Kier molecular flexibility index (Phi) is 4.70. The van der Waals surface area contributed by atoms with E-state index < -0.39 is 5.54 Å². The number of esters is 1. The summed E-state index contributed by atoms with van der Waals surface area (Å²) in [5, 5.41) is 4.29. The van der Waals surface area contributed by atoms with Gasteiger partial charge in [0.1, 0.15) is 11.3 Å². The van der Waals surface area contributed by atoms with Crippen LogP contribution >= 0.6 is 0 Å². The summed E-state index contributed by atoms with van der Waals surface area (Å²) in [4.78, 5) is 15.2. The van der Waals surface area contributed by atoms with Crippen molar-refractivity contribution in [2.24, 2.45) is 0 Å². The van der Waals surface area contributed by atoms with Crippen LogP contribution in [0.1, 0.15) is 24.0 Å². The zero-order chi connectivity index (χ0) is 21.8. The molecule has 0 aliphatic carbocycles. The van der Waals surface area contributed by atoms with Gasteiger partial charge in [0.15, 0.2) is 11.5 Å². The van der Waals surface area contributed by atoms with Crippen molar-refractivity contribution in [2.45, 2.75) is 31.3 Å². The highest BCUT2D eigenvalue weighted by Gasteiger charge is 2.51. The molecule has 1 fully saturated rings. The molecule has 1 saturated heterocycles. The highest BCUT2D eigenvalue weighted by atomic mass is 16.5. The summed E-state index contributed by atoms with van der Waals surface area (Å²) in [7, 11) is 6.48. The van der Waals surface area contributed by atoms with Gasteiger partial charge in [-0.3, -0.25) is 9.69 Å². The first kappa shape index (κ1) is 19.9. The molecule has 3 aromatic rings. The summed E-state index contributed by atoms with van der Waals surface area (Å²) < 4.78 is 22.2. The number of ether oxygens (including phenoxy) is 4. The van der Waals surface area contributed by atoms with Gasteiger partial charge in [-0.2, -0.15) is 0 Å². The van der Waals surface area contributed by atoms with Crippen molar-refractivity contribution >= 4 is 27.5 Å². The van der Waals surface area contributed by atoms with Crippen molar-refractivity contribution in [3.63, 3.8) is 0 Å². The molecule has 3 aromatic carbocycles. The minimum Gasteiger partial charge on any atom is -0.497 e. The van der Waals surface area contributed by atoms with Crippen molar-refractivity contribution in [1.82, 2.24) is 4.90 Å². The predicted octanol–water partition coefficient (Wildman–Crippen LogP) is 4.08. The third-order valence-electron chi connectivity index (χ3n) is 7.06. The Balaban J connectivity index is 1.89. The molecule has 6 heteroatoms. The number of rotatable bonds is 4. The Hall–Kier alpha value is -2.99. The van der Waals surface area contributed by atoms with E-state index in [1.807, 2.05) is 18.2 Å². The van der Waals surface area contributed by atoms with Crippen LogP contribution in [0.15, 0.2) is 30.3 Å². The van der Waals surface area contributed by atoms with Gasteiger partial charge >= 0.3 is 5.97 Å². The molecule has 0 spiro atoms. The minimum atomic E-state index is -0.584. The molecule has 31 heavy (non-hydrogen) atoms. The average molecular weight is 421 g/mol. The number of benzene rings is 3. The van der Waals surface area contributed by atoms with Gasteiger partial charge < -0.3 is 18.9 Å². The average Bonchev–Trinajstić information content (AvgIpc) is 3.25. The largest absolute Gasteiger partial charge is 0.497 e. The number of hydrogen-bond donors (Lipinski definition) is 0. The smallest absolute Gasteiger partial charge is 0.326 e. The van der Waals surface area contributed by atoms with Crippen molar-refractivity contribution in [3.05, 3.63) is 41.5 Å². The molecule has 0 bridgehead atoms. The SMILES string of the molecule is COC(=O)[C@@]12CCCN1Cc1c(c3ccc(OC)cc3c3c(OC)c(OC)ccc13)C2. The fraction of sp³-hybridized carbons (Fsp3) is 0.400. The Morgan fingerprint density at radius 1 is 0.935 bits per heavy atom. The first-order valence-corrected chi connectivity index (χ1v) is 10.6. The molecule has 6 nitrogen and oxygen atoms in total. The molecule has 0 aromatic heterocycles. The normalized spacial score (nSPS) is 20.4. The maximum Gasteiger partial charge on any atom is 0.326 e. The first-order valence-electron chi connectivity index (χ1n) is 10.6. The van der Waals surface area contributed by atoms with Crippen LogP contribution in [0.4, 0.5) is 0 Å². The number of methoxy groups -OCH3 is 4. The van der Waals surface area contributed by atoms with E-state index in [2.05, 4.69) is 17.0 Å². The first-order chi connectivity index (χ1) is 15.1. The van der Waals surface area contributed by atoms with Crippen LogP contribution in [0.5, 0.6) is 17.2 Å². The molecule has 0 amide bonds. The Morgan fingerprint density at radius 2 is 1.74 bits per heavy atom. The van der Waals surface area contributed by atoms with Gasteiger partial charge in [0.2, 0.25) is 0 Å². The van der Waals surface area contributed by atoms with E-state index >= 15 is 0 Å². The monoisotopic (exact) mass is 421 g/mol. The molecule has 2 heterocycles. The Morgan fingerprint density at radius 3 is 2.45 bits per heavy atom. The van der Waals surface area contributed by atoms with Crippen molar-refractivity contribution < 1.29 is 23.7 Å². The van der Waals surface area contributed by atoms with E-state index in [0.717, 1.165) is 46.7 Å². The topological polar surface area (TPSA) is 57.2 Å². The lowest BCUT2D eigenvalue weighted by atomic mass is 9.78. The van der Waals surface area contributed by atoms with Crippen molar-refractivity contribution in [3.8, 4) is 17.2 Å². The van der Waals surface area contributed by atoms with E-state index in [1.165, 1.54) is 18.2 Å². The number of hydrogen-bond acceptors (Lipinski definition) is 6. The Bertz CT molecular complexity index is 1200. The highest BCUT2D eigenvalue weighted by Crippen LogP contribution is 2.49. The predicted molar refractivity (Wildman–Crippen MR) is 119 cm³/mol. The summed E-state index contributed by atoms with van der Waals surface area (Å²) in [5.41, 5.74) is 1.87. The molecule has 2 aliphatic rings. The Labute approximate surface area is 181 Å². The molecule has 0 unspecified atom stereocenters. The highest BCUT2D eigenvalue weighted by molar-refractivity contribution is 6.15. The maximum absolute atomic E-state index is 12.9. The molecule has 1 atom stereocenters. The van der Waals surface area contributed by atoms with Gasteiger partial charge in [-0.15, -0.1) is 0 Å². The molecular formula is C25H27NO5. The van der Waals surface area contributed by atoms with Crippen LogP contribution in [0.25, 0.3) is 21.5 Å². The second-order valence-corrected chi connectivity index (χ2v) is 8.32. The summed E-state index contributed by atoms with van der Waals surface area (Å²) in [6.07, 6.45) is 2.45. The summed E-state index contributed by atoms with van der Waals surface area (Å²) in [6, 6.07) is 10.2. The number of nitrogens with zero attached hydrogens (tertiary/aromatic N) is 1. The fourth-order valence-corrected chi connectivity index (χ4v) is 5.62. The second kappa shape index (κ2) is 7.31. The van der Waals surface area contributed by atoms with E-state index in [1.54, 1.807) is 21.3 Å². The third-order valence-corrected chi connectivity index (χ3v) is 7.06. The maximum atomic E-state index is 12.9. The second-order valence-electron chi connectivity index (χ2n) is 8.32. The van der Waals surface area contributed by atoms with Gasteiger partial charge in [0.05, 0.1) is 28.4 Å². The number of carbonyl (C=O) groups is 1.